The van der Waals surface area contributed by atoms with E-state index in [1.54, 1.807) is 10.9 Å². The van der Waals surface area contributed by atoms with Gasteiger partial charge in [0.1, 0.15) is 5.82 Å². The Morgan fingerprint density at radius 2 is 2.09 bits per heavy atom. The van der Waals surface area contributed by atoms with Crippen molar-refractivity contribution in [1.29, 1.82) is 0 Å². The van der Waals surface area contributed by atoms with Gasteiger partial charge in [-0.3, -0.25) is 4.57 Å². The van der Waals surface area contributed by atoms with E-state index in [4.69, 9.17) is 26.2 Å². The number of hydrogen-bond donors (Lipinski definition) is 4. The molecule has 0 spiro atoms. The van der Waals surface area contributed by atoms with Crippen LogP contribution in [0, 0.1) is 0 Å². The smallest absolute Gasteiger partial charge is 0.356 e. The lowest BCUT2D eigenvalue weighted by Crippen LogP contribution is -2.24. The van der Waals surface area contributed by atoms with E-state index in [0.717, 1.165) is 18.2 Å². The van der Waals surface area contributed by atoms with Gasteiger partial charge in [-0.2, -0.15) is 15.1 Å². The SMILES string of the molecule is O=P(O)(O)C(CO)OCC1CCC(n2ncc3c(NC4CCc5ccccc54)nc(Cl)nc32)O1. The highest BCUT2D eigenvalue weighted by molar-refractivity contribution is 7.52. The average Bonchev–Trinajstić information content (AvgIpc) is 3.52. The lowest BCUT2D eigenvalue weighted by molar-refractivity contribution is -0.0592. The zero-order valence-electron chi connectivity index (χ0n) is 18.1. The number of fused-ring (bicyclic) bond motifs is 2. The number of hydrogen-bond acceptors (Lipinski definition) is 8. The molecule has 4 unspecified atom stereocenters. The lowest BCUT2D eigenvalue weighted by atomic mass is 10.1. The Morgan fingerprint density at radius 1 is 1.26 bits per heavy atom. The molecule has 2 aromatic heterocycles. The van der Waals surface area contributed by atoms with Crippen molar-refractivity contribution in [2.24, 2.45) is 0 Å². The molecule has 1 aliphatic carbocycles. The van der Waals surface area contributed by atoms with E-state index in [2.05, 4.69) is 32.5 Å². The molecule has 1 fully saturated rings. The molecule has 5 rings (SSSR count). The van der Waals surface area contributed by atoms with Crippen LogP contribution in [0.5, 0.6) is 0 Å². The molecule has 0 radical (unpaired) electrons. The molecule has 11 nitrogen and oxygen atoms in total. The number of aliphatic hydroxyl groups is 1. The second-order valence-electron chi connectivity index (χ2n) is 8.45. The van der Waals surface area contributed by atoms with Crippen molar-refractivity contribution in [2.45, 2.75) is 49.9 Å². The first kappa shape index (κ1) is 23.6. The molecule has 0 amide bonds. The van der Waals surface area contributed by atoms with Gasteiger partial charge in [-0.05, 0) is 48.4 Å². The van der Waals surface area contributed by atoms with Gasteiger partial charge in [-0.15, -0.1) is 0 Å². The number of nitrogens with zero attached hydrogens (tertiary/aromatic N) is 4. The summed E-state index contributed by atoms with van der Waals surface area (Å²) in [6.45, 7) is -0.837. The van der Waals surface area contributed by atoms with Crippen LogP contribution in [0.4, 0.5) is 5.82 Å². The van der Waals surface area contributed by atoms with Crippen LogP contribution in [0.1, 0.15) is 42.7 Å². The van der Waals surface area contributed by atoms with Gasteiger partial charge in [0.05, 0.1) is 36.9 Å². The molecule has 13 heteroatoms. The number of ether oxygens (including phenoxy) is 2. The van der Waals surface area contributed by atoms with Crippen molar-refractivity contribution >= 4 is 36.0 Å². The van der Waals surface area contributed by atoms with Crippen LogP contribution in [0.25, 0.3) is 11.0 Å². The quantitative estimate of drug-likeness (QED) is 0.263. The van der Waals surface area contributed by atoms with Crippen molar-refractivity contribution in [3.63, 3.8) is 0 Å². The summed E-state index contributed by atoms with van der Waals surface area (Å²) >= 11 is 6.26. The topological polar surface area (TPSA) is 152 Å². The molecule has 2 aliphatic rings. The standard InChI is InChI=1S/C21H25ClN5O6P/c22-21-25-19(24-16-7-5-12-3-1-2-4-14(12)16)15-9-23-27(20(15)26-21)17-8-6-13(33-17)11-32-18(10-28)34(29,30)31/h1-4,9,13,16-18,28H,5-8,10-11H2,(H,24,25,26)(H2,29,30,31). The van der Waals surface area contributed by atoms with Crippen molar-refractivity contribution in [2.75, 3.05) is 18.5 Å². The summed E-state index contributed by atoms with van der Waals surface area (Å²) in [4.78, 5) is 27.2. The predicted octanol–water partition coefficient (Wildman–Crippen LogP) is 2.77. The van der Waals surface area contributed by atoms with E-state index in [-0.39, 0.29) is 17.9 Å². The Balaban J connectivity index is 1.32. The molecular formula is C21H25ClN5O6P. The zero-order chi connectivity index (χ0) is 23.9. The molecule has 0 saturated carbocycles. The van der Waals surface area contributed by atoms with Crippen LogP contribution in [0.3, 0.4) is 0 Å². The summed E-state index contributed by atoms with van der Waals surface area (Å²) in [6.07, 6.45) is 3.96. The van der Waals surface area contributed by atoms with Gasteiger partial charge in [0, 0.05) is 0 Å². The van der Waals surface area contributed by atoms with E-state index in [1.807, 2.05) is 12.1 Å². The zero-order valence-corrected chi connectivity index (χ0v) is 19.8. The highest BCUT2D eigenvalue weighted by Crippen LogP contribution is 2.42. The first-order valence-electron chi connectivity index (χ1n) is 11.0. The fraction of sp³-hybridized carbons (Fsp3) is 0.476. The highest BCUT2D eigenvalue weighted by atomic mass is 35.5. The molecule has 1 saturated heterocycles. The fourth-order valence-electron chi connectivity index (χ4n) is 4.56. The van der Waals surface area contributed by atoms with E-state index in [0.29, 0.717) is 24.3 Å². The number of nitrogens with one attached hydrogen (secondary N) is 1. The fourth-order valence-corrected chi connectivity index (χ4v) is 5.21. The number of aryl methyl sites for hydroxylation is 1. The van der Waals surface area contributed by atoms with E-state index in [1.165, 1.54) is 11.1 Å². The van der Waals surface area contributed by atoms with Gasteiger partial charge in [0.2, 0.25) is 5.28 Å². The van der Waals surface area contributed by atoms with Gasteiger partial charge >= 0.3 is 7.60 Å². The predicted molar refractivity (Wildman–Crippen MR) is 123 cm³/mol. The number of aromatic nitrogens is 4. The Bertz CT molecular complexity index is 1240. The number of halogens is 1. The van der Waals surface area contributed by atoms with Crippen LogP contribution < -0.4 is 5.32 Å². The molecule has 1 aromatic carbocycles. The number of rotatable bonds is 8. The minimum atomic E-state index is -4.56. The summed E-state index contributed by atoms with van der Waals surface area (Å²) in [5, 5.41) is 17.9. The van der Waals surface area contributed by atoms with E-state index in [9.17, 15) is 14.4 Å². The molecule has 34 heavy (non-hydrogen) atoms. The molecule has 4 N–H and O–H groups in total. The molecular weight excluding hydrogens is 485 g/mol. The van der Waals surface area contributed by atoms with Crippen LogP contribution in [0.2, 0.25) is 5.28 Å². The number of benzene rings is 1. The molecule has 182 valence electrons. The minimum absolute atomic E-state index is 0.0598. The van der Waals surface area contributed by atoms with Crippen molar-refractivity contribution in [3.8, 4) is 0 Å². The highest BCUT2D eigenvalue weighted by Gasteiger charge is 2.34. The average molecular weight is 510 g/mol. The minimum Gasteiger partial charge on any atom is -0.393 e. The molecule has 3 heterocycles. The van der Waals surface area contributed by atoms with Crippen LogP contribution in [-0.2, 0) is 20.5 Å². The summed E-state index contributed by atoms with van der Waals surface area (Å²) in [5.41, 5.74) is 3.10. The second kappa shape index (κ2) is 9.50. The Kier molecular flexibility index (Phi) is 6.60. The maximum Gasteiger partial charge on any atom is 0.356 e. The summed E-state index contributed by atoms with van der Waals surface area (Å²) in [7, 11) is -4.56. The van der Waals surface area contributed by atoms with Crippen LogP contribution >= 0.6 is 19.2 Å². The molecule has 0 bridgehead atoms. The lowest BCUT2D eigenvalue weighted by Gasteiger charge is -2.20. The van der Waals surface area contributed by atoms with Gasteiger partial charge in [0.15, 0.2) is 17.7 Å². The summed E-state index contributed by atoms with van der Waals surface area (Å²) in [6, 6.07) is 8.44. The summed E-state index contributed by atoms with van der Waals surface area (Å²) in [5.74, 6) is -0.963. The van der Waals surface area contributed by atoms with E-state index >= 15 is 0 Å². The van der Waals surface area contributed by atoms with Crippen molar-refractivity contribution in [1.82, 2.24) is 19.7 Å². The Labute approximate surface area is 200 Å². The third-order valence-electron chi connectivity index (χ3n) is 6.23. The monoisotopic (exact) mass is 509 g/mol. The van der Waals surface area contributed by atoms with Crippen LogP contribution in [0.15, 0.2) is 30.5 Å². The molecule has 3 aromatic rings. The maximum absolute atomic E-state index is 11.3. The van der Waals surface area contributed by atoms with Crippen LogP contribution in [-0.4, -0.2) is 59.8 Å². The summed E-state index contributed by atoms with van der Waals surface area (Å²) < 4.78 is 24.2. The Hall–Kier alpha value is -2.11. The third-order valence-corrected chi connectivity index (χ3v) is 7.47. The van der Waals surface area contributed by atoms with Gasteiger partial charge in [-0.25, -0.2) is 4.68 Å². The molecule has 4 atom stereocenters. The van der Waals surface area contributed by atoms with Gasteiger partial charge in [-0.1, -0.05) is 24.3 Å². The van der Waals surface area contributed by atoms with Gasteiger partial charge in [0.25, 0.3) is 0 Å². The second-order valence-corrected chi connectivity index (χ2v) is 10.5. The number of aliphatic hydroxyl groups excluding tert-OH is 1. The Morgan fingerprint density at radius 3 is 2.88 bits per heavy atom. The van der Waals surface area contributed by atoms with Gasteiger partial charge < -0.3 is 29.7 Å². The normalized spacial score (nSPS) is 23.4. The largest absolute Gasteiger partial charge is 0.393 e. The number of anilines is 1. The third kappa shape index (κ3) is 4.70. The first-order valence-corrected chi connectivity index (χ1v) is 13.1. The first-order chi connectivity index (χ1) is 16.3. The maximum atomic E-state index is 11.3. The molecule has 1 aliphatic heterocycles. The van der Waals surface area contributed by atoms with Crippen molar-refractivity contribution in [3.05, 3.63) is 46.9 Å². The van der Waals surface area contributed by atoms with Crippen molar-refractivity contribution < 1.29 is 28.9 Å². The van der Waals surface area contributed by atoms with E-state index < -0.39 is 32.4 Å².